The Morgan fingerprint density at radius 3 is 2.20 bits per heavy atom. The molecule has 0 aliphatic carbocycles. The van der Waals surface area contributed by atoms with E-state index in [4.69, 9.17) is 9.47 Å². The molecule has 0 aromatic heterocycles. The summed E-state index contributed by atoms with van der Waals surface area (Å²) in [6.07, 6.45) is 0. The Balaban J connectivity index is 2.58. The highest BCUT2D eigenvalue weighted by atomic mass is 127. The van der Waals surface area contributed by atoms with Crippen molar-refractivity contribution in [1.82, 2.24) is 0 Å². The molecule has 20 heavy (non-hydrogen) atoms. The summed E-state index contributed by atoms with van der Waals surface area (Å²) < 4.78 is 24.1. The maximum Gasteiger partial charge on any atom is 0.201 e. The molecular weight excluding hydrogens is 374 g/mol. The first-order valence-corrected chi connectivity index (χ1v) is 6.87. The fraction of sp³-hybridized carbons (Fsp3) is 0.133. The summed E-state index contributed by atoms with van der Waals surface area (Å²) in [7, 11) is 2.97. The number of carbonyl (C=O) groups excluding carboxylic acids is 1. The second-order valence-electron chi connectivity index (χ2n) is 3.99. The maximum atomic E-state index is 13.1. The van der Waals surface area contributed by atoms with E-state index < -0.39 is 0 Å². The fourth-order valence-electron chi connectivity index (χ4n) is 1.88. The van der Waals surface area contributed by atoms with Crippen LogP contribution in [0, 0.1) is 9.39 Å². The van der Waals surface area contributed by atoms with Crippen LogP contribution < -0.4 is 9.47 Å². The van der Waals surface area contributed by atoms with Crippen LogP contribution in [0.25, 0.3) is 0 Å². The zero-order valence-corrected chi connectivity index (χ0v) is 13.1. The average Bonchev–Trinajstić information content (AvgIpc) is 2.45. The van der Waals surface area contributed by atoms with Gasteiger partial charge in [-0.2, -0.15) is 0 Å². The van der Waals surface area contributed by atoms with Gasteiger partial charge in [0.2, 0.25) is 5.78 Å². The zero-order chi connectivity index (χ0) is 14.7. The Morgan fingerprint density at radius 1 is 1.10 bits per heavy atom. The van der Waals surface area contributed by atoms with Crippen LogP contribution in [0.5, 0.6) is 11.5 Å². The monoisotopic (exact) mass is 386 g/mol. The normalized spacial score (nSPS) is 10.2. The van der Waals surface area contributed by atoms with Gasteiger partial charge in [-0.1, -0.05) is 6.07 Å². The molecule has 0 saturated carbocycles. The predicted molar refractivity (Wildman–Crippen MR) is 82.1 cm³/mol. The second-order valence-corrected chi connectivity index (χ2v) is 5.15. The van der Waals surface area contributed by atoms with Crippen molar-refractivity contribution in [2.75, 3.05) is 14.2 Å². The molecule has 2 aromatic rings. The zero-order valence-electron chi connectivity index (χ0n) is 10.9. The van der Waals surface area contributed by atoms with E-state index in [9.17, 15) is 9.18 Å². The van der Waals surface area contributed by atoms with Gasteiger partial charge in [-0.3, -0.25) is 4.79 Å². The van der Waals surface area contributed by atoms with Crippen LogP contribution in [0.15, 0.2) is 36.4 Å². The van der Waals surface area contributed by atoms with Gasteiger partial charge in [0.1, 0.15) is 22.9 Å². The SMILES string of the molecule is COc1cccc(OC)c1C(=O)c1ccc(F)cc1I. The van der Waals surface area contributed by atoms with Crippen LogP contribution in [0.1, 0.15) is 15.9 Å². The van der Waals surface area contributed by atoms with Gasteiger partial charge in [0.15, 0.2) is 0 Å². The first-order valence-electron chi connectivity index (χ1n) is 5.79. The molecule has 0 atom stereocenters. The summed E-state index contributed by atoms with van der Waals surface area (Å²) >= 11 is 1.93. The number of rotatable bonds is 4. The van der Waals surface area contributed by atoms with E-state index in [1.54, 1.807) is 18.2 Å². The minimum absolute atomic E-state index is 0.260. The maximum absolute atomic E-state index is 13.1. The van der Waals surface area contributed by atoms with E-state index in [2.05, 4.69) is 0 Å². The van der Waals surface area contributed by atoms with Gasteiger partial charge in [0.25, 0.3) is 0 Å². The van der Waals surface area contributed by atoms with Crippen molar-refractivity contribution >= 4 is 28.4 Å². The lowest BCUT2D eigenvalue weighted by Gasteiger charge is -2.12. The molecule has 0 aliphatic rings. The van der Waals surface area contributed by atoms with Gasteiger partial charge in [0, 0.05) is 9.13 Å². The first kappa shape index (κ1) is 14.8. The van der Waals surface area contributed by atoms with Gasteiger partial charge in [-0.15, -0.1) is 0 Å². The van der Waals surface area contributed by atoms with E-state index in [0.717, 1.165) is 0 Å². The highest BCUT2D eigenvalue weighted by Crippen LogP contribution is 2.31. The van der Waals surface area contributed by atoms with Crippen LogP contribution in [0.4, 0.5) is 4.39 Å². The molecule has 0 N–H and O–H groups in total. The van der Waals surface area contributed by atoms with E-state index in [0.29, 0.717) is 26.2 Å². The van der Waals surface area contributed by atoms with Crippen LogP contribution in [0.3, 0.4) is 0 Å². The van der Waals surface area contributed by atoms with E-state index in [-0.39, 0.29) is 11.6 Å². The fourth-order valence-corrected chi connectivity index (χ4v) is 2.61. The molecule has 2 aromatic carbocycles. The van der Waals surface area contributed by atoms with Crippen molar-refractivity contribution in [3.05, 3.63) is 56.9 Å². The molecule has 5 heteroatoms. The average molecular weight is 386 g/mol. The van der Waals surface area contributed by atoms with Crippen LogP contribution in [-0.2, 0) is 0 Å². The summed E-state index contributed by atoms with van der Waals surface area (Å²) in [5.74, 6) is 0.214. The molecule has 0 aliphatic heterocycles. The summed E-state index contributed by atoms with van der Waals surface area (Å²) in [6.45, 7) is 0. The third-order valence-corrected chi connectivity index (χ3v) is 3.72. The minimum atomic E-state index is -0.377. The molecule has 2 rings (SSSR count). The van der Waals surface area contributed by atoms with Crippen molar-refractivity contribution < 1.29 is 18.7 Å². The minimum Gasteiger partial charge on any atom is -0.496 e. The molecule has 3 nitrogen and oxygen atoms in total. The third kappa shape index (κ3) is 2.77. The Labute approximate surface area is 129 Å². The molecule has 0 heterocycles. The van der Waals surface area contributed by atoms with Gasteiger partial charge in [-0.05, 0) is 52.9 Å². The number of carbonyl (C=O) groups is 1. The van der Waals surface area contributed by atoms with Gasteiger partial charge >= 0.3 is 0 Å². The van der Waals surface area contributed by atoms with E-state index >= 15 is 0 Å². The Hall–Kier alpha value is -1.63. The lowest BCUT2D eigenvalue weighted by Crippen LogP contribution is -2.08. The van der Waals surface area contributed by atoms with Crippen LogP contribution >= 0.6 is 22.6 Å². The Morgan fingerprint density at radius 2 is 1.70 bits per heavy atom. The number of halogens is 2. The topological polar surface area (TPSA) is 35.5 Å². The summed E-state index contributed by atoms with van der Waals surface area (Å²) in [6, 6.07) is 9.15. The number of methoxy groups -OCH3 is 2. The van der Waals surface area contributed by atoms with Crippen molar-refractivity contribution in [2.24, 2.45) is 0 Å². The molecule has 0 bridgehead atoms. The number of benzene rings is 2. The van der Waals surface area contributed by atoms with Crippen molar-refractivity contribution in [3.63, 3.8) is 0 Å². The van der Waals surface area contributed by atoms with Crippen molar-refractivity contribution in [1.29, 1.82) is 0 Å². The van der Waals surface area contributed by atoms with Gasteiger partial charge in [-0.25, -0.2) is 4.39 Å². The summed E-state index contributed by atoms with van der Waals surface area (Å²) in [5.41, 5.74) is 0.747. The quantitative estimate of drug-likeness (QED) is 0.594. The highest BCUT2D eigenvalue weighted by molar-refractivity contribution is 14.1. The molecule has 0 unspecified atom stereocenters. The molecular formula is C15H12FIO3. The lowest BCUT2D eigenvalue weighted by atomic mass is 10.0. The Bertz CT molecular complexity index is 633. The summed E-state index contributed by atoms with van der Waals surface area (Å²) in [4.78, 5) is 12.7. The standard InChI is InChI=1S/C15H12FIO3/c1-19-12-4-3-5-13(20-2)14(12)15(18)10-7-6-9(16)8-11(10)17/h3-8H,1-2H3. The molecule has 0 amide bonds. The molecule has 0 fully saturated rings. The molecule has 0 spiro atoms. The van der Waals surface area contributed by atoms with Crippen LogP contribution in [-0.4, -0.2) is 20.0 Å². The van der Waals surface area contributed by atoms with E-state index in [1.165, 1.54) is 32.4 Å². The number of ketones is 1. The third-order valence-electron chi connectivity index (χ3n) is 2.83. The predicted octanol–water partition coefficient (Wildman–Crippen LogP) is 3.68. The Kier molecular flexibility index (Phi) is 4.59. The molecule has 0 saturated heterocycles. The number of hydrogen-bond acceptors (Lipinski definition) is 3. The number of ether oxygens (including phenoxy) is 2. The molecule has 0 radical (unpaired) electrons. The van der Waals surface area contributed by atoms with Gasteiger partial charge < -0.3 is 9.47 Å². The molecule has 104 valence electrons. The lowest BCUT2D eigenvalue weighted by molar-refractivity contribution is 0.103. The van der Waals surface area contributed by atoms with Crippen LogP contribution in [0.2, 0.25) is 0 Å². The summed E-state index contributed by atoms with van der Waals surface area (Å²) in [5, 5.41) is 0. The van der Waals surface area contributed by atoms with Gasteiger partial charge in [0.05, 0.1) is 14.2 Å². The van der Waals surface area contributed by atoms with Crippen molar-refractivity contribution in [3.8, 4) is 11.5 Å². The second kappa shape index (κ2) is 6.21. The van der Waals surface area contributed by atoms with Crippen molar-refractivity contribution in [2.45, 2.75) is 0 Å². The smallest absolute Gasteiger partial charge is 0.201 e. The van der Waals surface area contributed by atoms with E-state index in [1.807, 2.05) is 22.6 Å². The first-order chi connectivity index (χ1) is 9.58. The highest BCUT2D eigenvalue weighted by Gasteiger charge is 2.21. The number of hydrogen-bond donors (Lipinski definition) is 0. The largest absolute Gasteiger partial charge is 0.496 e.